The standard InChI is InChI=1S/C14H16BrN3O/c1-9-13(15)10(2)18(14(19)17-9)8-7-11-3-5-12(16)6-4-11/h3-6H,7-8,16H2,1-2H3. The highest BCUT2D eigenvalue weighted by Crippen LogP contribution is 2.17. The van der Waals surface area contributed by atoms with Crippen molar-refractivity contribution in [3.63, 3.8) is 0 Å². The lowest BCUT2D eigenvalue weighted by Gasteiger charge is -2.12. The second-order valence-electron chi connectivity index (χ2n) is 4.52. The van der Waals surface area contributed by atoms with E-state index in [1.807, 2.05) is 38.1 Å². The third-order valence-corrected chi connectivity index (χ3v) is 4.29. The van der Waals surface area contributed by atoms with Crippen LogP contribution in [0.25, 0.3) is 0 Å². The van der Waals surface area contributed by atoms with Gasteiger partial charge in [0.05, 0.1) is 10.2 Å². The van der Waals surface area contributed by atoms with Crippen molar-refractivity contribution in [3.05, 3.63) is 56.2 Å². The minimum atomic E-state index is -0.200. The second-order valence-corrected chi connectivity index (χ2v) is 5.32. The summed E-state index contributed by atoms with van der Waals surface area (Å²) in [4.78, 5) is 15.9. The van der Waals surface area contributed by atoms with E-state index in [-0.39, 0.29) is 5.69 Å². The maximum Gasteiger partial charge on any atom is 0.348 e. The number of halogens is 1. The fourth-order valence-corrected chi connectivity index (χ4v) is 2.27. The fraction of sp³-hybridized carbons (Fsp3) is 0.286. The summed E-state index contributed by atoms with van der Waals surface area (Å²) in [6.07, 6.45) is 0.776. The van der Waals surface area contributed by atoms with Crippen LogP contribution in [0.1, 0.15) is 17.0 Å². The van der Waals surface area contributed by atoms with E-state index in [0.29, 0.717) is 6.54 Å². The van der Waals surface area contributed by atoms with Crippen molar-refractivity contribution in [2.75, 3.05) is 5.73 Å². The zero-order valence-electron chi connectivity index (χ0n) is 11.0. The van der Waals surface area contributed by atoms with Gasteiger partial charge in [-0.2, -0.15) is 4.98 Å². The van der Waals surface area contributed by atoms with Gasteiger partial charge in [0.1, 0.15) is 0 Å². The first-order valence-electron chi connectivity index (χ1n) is 6.07. The monoisotopic (exact) mass is 321 g/mol. The molecule has 2 aromatic rings. The molecule has 0 amide bonds. The summed E-state index contributed by atoms with van der Waals surface area (Å²) in [6, 6.07) is 7.70. The van der Waals surface area contributed by atoms with Gasteiger partial charge in [0.15, 0.2) is 0 Å². The Labute approximate surface area is 120 Å². The first-order valence-corrected chi connectivity index (χ1v) is 6.86. The van der Waals surface area contributed by atoms with Crippen LogP contribution in [0.4, 0.5) is 5.69 Å². The molecule has 0 spiro atoms. The summed E-state index contributed by atoms with van der Waals surface area (Å²) in [5, 5.41) is 0. The topological polar surface area (TPSA) is 60.9 Å². The third-order valence-electron chi connectivity index (χ3n) is 3.14. The van der Waals surface area contributed by atoms with Crippen molar-refractivity contribution >= 4 is 21.6 Å². The average molecular weight is 322 g/mol. The van der Waals surface area contributed by atoms with E-state index >= 15 is 0 Å². The van der Waals surface area contributed by atoms with Gasteiger partial charge < -0.3 is 5.73 Å². The molecule has 0 saturated carbocycles. The maximum absolute atomic E-state index is 11.9. The molecule has 0 aliphatic rings. The molecule has 4 nitrogen and oxygen atoms in total. The molecule has 0 atom stereocenters. The van der Waals surface area contributed by atoms with Crippen LogP contribution >= 0.6 is 15.9 Å². The number of nitrogens with zero attached hydrogens (tertiary/aromatic N) is 2. The Kier molecular flexibility index (Phi) is 4.04. The van der Waals surface area contributed by atoms with Gasteiger partial charge in [-0.1, -0.05) is 12.1 Å². The number of nitrogens with two attached hydrogens (primary N) is 1. The Bertz CT molecular complexity index is 647. The predicted molar refractivity (Wildman–Crippen MR) is 80.2 cm³/mol. The zero-order chi connectivity index (χ0) is 14.0. The van der Waals surface area contributed by atoms with Crippen molar-refractivity contribution in [1.82, 2.24) is 9.55 Å². The van der Waals surface area contributed by atoms with Gasteiger partial charge in [-0.3, -0.25) is 4.57 Å². The van der Waals surface area contributed by atoms with Gasteiger partial charge in [0.25, 0.3) is 0 Å². The largest absolute Gasteiger partial charge is 0.399 e. The lowest BCUT2D eigenvalue weighted by Crippen LogP contribution is -2.27. The molecule has 1 aromatic heterocycles. The van der Waals surface area contributed by atoms with Crippen molar-refractivity contribution < 1.29 is 0 Å². The first kappa shape index (κ1) is 13.8. The number of hydrogen-bond acceptors (Lipinski definition) is 3. The van der Waals surface area contributed by atoms with Crippen LogP contribution in [-0.4, -0.2) is 9.55 Å². The molecule has 1 heterocycles. The molecule has 2 rings (SSSR count). The molecular formula is C14H16BrN3O. The SMILES string of the molecule is Cc1nc(=O)n(CCc2ccc(N)cc2)c(C)c1Br. The maximum atomic E-state index is 11.9. The van der Waals surface area contributed by atoms with Gasteiger partial charge in [-0.15, -0.1) is 0 Å². The van der Waals surface area contributed by atoms with Crippen molar-refractivity contribution in [2.45, 2.75) is 26.8 Å². The van der Waals surface area contributed by atoms with Gasteiger partial charge in [-0.25, -0.2) is 4.79 Å². The molecule has 0 aliphatic carbocycles. The molecule has 0 saturated heterocycles. The fourth-order valence-electron chi connectivity index (χ4n) is 1.97. The molecule has 0 aliphatic heterocycles. The number of hydrogen-bond donors (Lipinski definition) is 1. The van der Waals surface area contributed by atoms with E-state index in [2.05, 4.69) is 20.9 Å². The number of rotatable bonds is 3. The van der Waals surface area contributed by atoms with Crippen molar-refractivity contribution in [1.29, 1.82) is 0 Å². The molecule has 1 aromatic carbocycles. The highest BCUT2D eigenvalue weighted by molar-refractivity contribution is 9.10. The molecule has 0 radical (unpaired) electrons. The zero-order valence-corrected chi connectivity index (χ0v) is 12.6. The van der Waals surface area contributed by atoms with Crippen LogP contribution in [0.2, 0.25) is 0 Å². The highest BCUT2D eigenvalue weighted by atomic mass is 79.9. The quantitative estimate of drug-likeness (QED) is 0.883. The number of aryl methyl sites for hydroxylation is 2. The van der Waals surface area contributed by atoms with Crippen LogP contribution in [0.3, 0.4) is 0 Å². The van der Waals surface area contributed by atoms with Crippen molar-refractivity contribution in [3.8, 4) is 0 Å². The van der Waals surface area contributed by atoms with E-state index in [1.54, 1.807) is 4.57 Å². The summed E-state index contributed by atoms with van der Waals surface area (Å²) >= 11 is 3.46. The lowest BCUT2D eigenvalue weighted by atomic mass is 10.1. The van der Waals surface area contributed by atoms with Crippen LogP contribution < -0.4 is 11.4 Å². The summed E-state index contributed by atoms with van der Waals surface area (Å²) in [5.41, 5.74) is 8.98. The van der Waals surface area contributed by atoms with Gasteiger partial charge in [0.2, 0.25) is 0 Å². The van der Waals surface area contributed by atoms with Gasteiger partial charge in [0, 0.05) is 17.9 Å². The minimum Gasteiger partial charge on any atom is -0.399 e. The Morgan fingerprint density at radius 1 is 1.26 bits per heavy atom. The number of nitrogen functional groups attached to an aromatic ring is 1. The smallest absolute Gasteiger partial charge is 0.348 e. The molecule has 0 bridgehead atoms. The minimum absolute atomic E-state index is 0.200. The lowest BCUT2D eigenvalue weighted by molar-refractivity contribution is 0.622. The molecule has 100 valence electrons. The molecule has 19 heavy (non-hydrogen) atoms. The Morgan fingerprint density at radius 3 is 2.53 bits per heavy atom. The Hall–Kier alpha value is -1.62. The van der Waals surface area contributed by atoms with E-state index in [4.69, 9.17) is 5.73 Å². The highest BCUT2D eigenvalue weighted by Gasteiger charge is 2.08. The summed E-state index contributed by atoms with van der Waals surface area (Å²) < 4.78 is 2.58. The van der Waals surface area contributed by atoms with E-state index < -0.39 is 0 Å². The molecule has 2 N–H and O–H groups in total. The second kappa shape index (κ2) is 5.57. The first-order chi connectivity index (χ1) is 8.99. The number of benzene rings is 1. The van der Waals surface area contributed by atoms with Gasteiger partial charge >= 0.3 is 5.69 Å². The molecule has 0 fully saturated rings. The molecule has 5 heteroatoms. The Morgan fingerprint density at radius 2 is 1.89 bits per heavy atom. The van der Waals surface area contributed by atoms with E-state index in [0.717, 1.165) is 33.5 Å². The number of aromatic nitrogens is 2. The van der Waals surface area contributed by atoms with Crippen LogP contribution in [0.15, 0.2) is 33.5 Å². The van der Waals surface area contributed by atoms with E-state index in [9.17, 15) is 4.79 Å². The van der Waals surface area contributed by atoms with Crippen LogP contribution in [0.5, 0.6) is 0 Å². The Balaban J connectivity index is 2.23. The summed E-state index contributed by atoms with van der Waals surface area (Å²) in [6.45, 7) is 4.35. The summed E-state index contributed by atoms with van der Waals surface area (Å²) in [5.74, 6) is 0. The van der Waals surface area contributed by atoms with Crippen molar-refractivity contribution in [2.24, 2.45) is 0 Å². The summed E-state index contributed by atoms with van der Waals surface area (Å²) in [7, 11) is 0. The predicted octanol–water partition coefficient (Wildman–Crippen LogP) is 2.45. The molecule has 0 unspecified atom stereocenters. The van der Waals surface area contributed by atoms with Gasteiger partial charge in [-0.05, 0) is 53.9 Å². The normalized spacial score (nSPS) is 10.7. The van der Waals surface area contributed by atoms with E-state index in [1.165, 1.54) is 0 Å². The molecular weight excluding hydrogens is 306 g/mol. The average Bonchev–Trinajstić information content (AvgIpc) is 2.38. The van der Waals surface area contributed by atoms with Crippen LogP contribution in [0, 0.1) is 13.8 Å². The van der Waals surface area contributed by atoms with Crippen LogP contribution in [-0.2, 0) is 13.0 Å². The number of anilines is 1. The third kappa shape index (κ3) is 3.04.